The van der Waals surface area contributed by atoms with Gasteiger partial charge in [-0.2, -0.15) is 0 Å². The molecule has 17 heavy (non-hydrogen) atoms. The molecule has 1 aromatic rings. The molecule has 2 rings (SSSR count). The number of hydrogen-bond donors (Lipinski definition) is 2. The quantitative estimate of drug-likeness (QED) is 0.701. The molecule has 2 atom stereocenters. The van der Waals surface area contributed by atoms with Gasteiger partial charge in [-0.1, -0.05) is 0 Å². The maximum Gasteiger partial charge on any atom is 0.374 e. The van der Waals surface area contributed by atoms with E-state index in [-0.39, 0.29) is 5.76 Å². The average Bonchev–Trinajstić information content (AvgIpc) is 2.86. The second-order valence-corrected chi connectivity index (χ2v) is 4.10. The van der Waals surface area contributed by atoms with Crippen molar-refractivity contribution in [2.75, 3.05) is 20.2 Å². The first-order valence-electron chi connectivity index (χ1n) is 5.35. The van der Waals surface area contributed by atoms with E-state index in [4.69, 9.17) is 4.42 Å². The van der Waals surface area contributed by atoms with Crippen LogP contribution in [0.15, 0.2) is 16.7 Å². The van der Waals surface area contributed by atoms with Gasteiger partial charge >= 0.3 is 5.97 Å². The molecule has 1 aliphatic rings. The van der Waals surface area contributed by atoms with Gasteiger partial charge in [0, 0.05) is 25.2 Å². The summed E-state index contributed by atoms with van der Waals surface area (Å²) in [4.78, 5) is 13.2. The largest absolute Gasteiger partial charge is 0.463 e. The highest BCUT2D eigenvalue weighted by Gasteiger charge is 2.30. The number of carbonyl (C=O) groups excluding carboxylic acids is 1. The molecule has 0 aromatic carbocycles. The number of nitrogens with zero attached hydrogens (tertiary/aromatic N) is 1. The first kappa shape index (κ1) is 12.1. The standard InChI is InChI=1S/C11H15NO5/c1-16-11(15)10-7(2-3-17-10)4-12-5-8(13)9(14)6-12/h2-3,8-9,13-14H,4-6H2,1H3/t8-,9+. The molecule has 6 nitrogen and oxygen atoms in total. The maximum absolute atomic E-state index is 11.4. The fourth-order valence-electron chi connectivity index (χ4n) is 1.95. The monoisotopic (exact) mass is 241 g/mol. The van der Waals surface area contributed by atoms with Crippen LogP contribution in [0.4, 0.5) is 0 Å². The number of rotatable bonds is 3. The second kappa shape index (κ2) is 4.87. The van der Waals surface area contributed by atoms with Crippen LogP contribution in [0.5, 0.6) is 0 Å². The molecule has 1 saturated heterocycles. The summed E-state index contributed by atoms with van der Waals surface area (Å²) in [6.45, 7) is 1.20. The Morgan fingerprint density at radius 1 is 1.53 bits per heavy atom. The Hall–Kier alpha value is -1.37. The van der Waals surface area contributed by atoms with Crippen molar-refractivity contribution in [1.29, 1.82) is 0 Å². The number of furan rings is 1. The molecule has 2 N–H and O–H groups in total. The number of aliphatic hydroxyl groups excluding tert-OH is 2. The average molecular weight is 241 g/mol. The van der Waals surface area contributed by atoms with Gasteiger partial charge in [0.1, 0.15) is 0 Å². The third kappa shape index (κ3) is 2.49. The van der Waals surface area contributed by atoms with Crippen molar-refractivity contribution >= 4 is 5.97 Å². The molecular formula is C11H15NO5. The van der Waals surface area contributed by atoms with Crippen LogP contribution in [-0.4, -0.2) is 53.5 Å². The summed E-state index contributed by atoms with van der Waals surface area (Å²) in [5.41, 5.74) is 0.693. The Labute approximate surface area is 98.4 Å². The van der Waals surface area contributed by atoms with E-state index >= 15 is 0 Å². The van der Waals surface area contributed by atoms with Gasteiger partial charge in [0.25, 0.3) is 0 Å². The minimum absolute atomic E-state index is 0.170. The van der Waals surface area contributed by atoms with Gasteiger partial charge in [0.2, 0.25) is 5.76 Å². The van der Waals surface area contributed by atoms with Crippen LogP contribution in [-0.2, 0) is 11.3 Å². The smallest absolute Gasteiger partial charge is 0.374 e. The van der Waals surface area contributed by atoms with E-state index < -0.39 is 18.2 Å². The van der Waals surface area contributed by atoms with E-state index in [1.165, 1.54) is 13.4 Å². The van der Waals surface area contributed by atoms with E-state index in [0.717, 1.165) is 0 Å². The van der Waals surface area contributed by atoms with Gasteiger partial charge in [-0.25, -0.2) is 4.79 Å². The molecule has 0 radical (unpaired) electrons. The van der Waals surface area contributed by atoms with Crippen LogP contribution >= 0.6 is 0 Å². The van der Waals surface area contributed by atoms with E-state index in [1.54, 1.807) is 6.07 Å². The zero-order valence-corrected chi connectivity index (χ0v) is 9.50. The lowest BCUT2D eigenvalue weighted by molar-refractivity contribution is 0.0562. The third-order valence-electron chi connectivity index (χ3n) is 2.85. The Kier molecular flexibility index (Phi) is 3.46. The van der Waals surface area contributed by atoms with Gasteiger partial charge < -0.3 is 19.4 Å². The summed E-state index contributed by atoms with van der Waals surface area (Å²) in [5, 5.41) is 18.8. The lowest BCUT2D eigenvalue weighted by Gasteiger charge is -2.13. The van der Waals surface area contributed by atoms with Crippen molar-refractivity contribution in [2.45, 2.75) is 18.8 Å². The first-order valence-corrected chi connectivity index (χ1v) is 5.35. The molecule has 0 spiro atoms. The molecule has 0 saturated carbocycles. The van der Waals surface area contributed by atoms with Gasteiger partial charge in [-0.15, -0.1) is 0 Å². The Morgan fingerprint density at radius 2 is 2.18 bits per heavy atom. The topological polar surface area (TPSA) is 83.1 Å². The number of methoxy groups -OCH3 is 1. The van der Waals surface area contributed by atoms with E-state index in [0.29, 0.717) is 25.2 Å². The molecule has 0 aliphatic carbocycles. The number of esters is 1. The maximum atomic E-state index is 11.4. The van der Waals surface area contributed by atoms with Crippen molar-refractivity contribution in [3.63, 3.8) is 0 Å². The molecule has 1 fully saturated rings. The predicted octanol–water partition coefficient (Wildman–Crippen LogP) is -0.396. The molecule has 0 unspecified atom stereocenters. The summed E-state index contributed by atoms with van der Waals surface area (Å²) in [6.07, 6.45) is -0.0446. The molecular weight excluding hydrogens is 226 g/mol. The fourth-order valence-corrected chi connectivity index (χ4v) is 1.95. The van der Waals surface area contributed by atoms with Gasteiger partial charge in [0.05, 0.1) is 25.6 Å². The Balaban J connectivity index is 2.04. The minimum Gasteiger partial charge on any atom is -0.463 e. The zero-order chi connectivity index (χ0) is 12.4. The van der Waals surface area contributed by atoms with Crippen LogP contribution in [0, 0.1) is 0 Å². The van der Waals surface area contributed by atoms with E-state index in [9.17, 15) is 15.0 Å². The molecule has 94 valence electrons. The number of carbonyl (C=O) groups is 1. The normalized spacial score (nSPS) is 25.1. The number of ether oxygens (including phenoxy) is 1. The summed E-state index contributed by atoms with van der Waals surface area (Å²) in [5.74, 6) is -0.353. The number of hydrogen-bond acceptors (Lipinski definition) is 6. The fraction of sp³-hybridized carbons (Fsp3) is 0.545. The molecule has 2 heterocycles. The molecule has 6 heteroatoms. The predicted molar refractivity (Wildman–Crippen MR) is 57.3 cm³/mol. The van der Waals surface area contributed by atoms with Crippen LogP contribution in [0.25, 0.3) is 0 Å². The molecule has 1 aromatic heterocycles. The van der Waals surface area contributed by atoms with Gasteiger partial charge in [0.15, 0.2) is 0 Å². The Morgan fingerprint density at radius 3 is 2.76 bits per heavy atom. The highest BCUT2D eigenvalue weighted by molar-refractivity contribution is 5.87. The van der Waals surface area contributed by atoms with Crippen molar-refractivity contribution < 1.29 is 24.2 Å². The summed E-state index contributed by atoms with van der Waals surface area (Å²) in [7, 11) is 1.29. The first-order chi connectivity index (χ1) is 8.11. The van der Waals surface area contributed by atoms with Crippen molar-refractivity contribution in [3.05, 3.63) is 23.7 Å². The van der Waals surface area contributed by atoms with Crippen LogP contribution in [0.3, 0.4) is 0 Å². The molecule has 1 aliphatic heterocycles. The van der Waals surface area contributed by atoms with Crippen molar-refractivity contribution in [2.24, 2.45) is 0 Å². The number of β-amino-alcohol motifs (C(OH)–C–C–N with tert-alkyl or cyclic N) is 2. The lowest BCUT2D eigenvalue weighted by atomic mass is 10.2. The SMILES string of the molecule is COC(=O)c1occc1CN1C[C@@H](O)[C@@H](O)C1. The van der Waals surface area contributed by atoms with Crippen LogP contribution in [0.2, 0.25) is 0 Å². The number of aliphatic hydroxyl groups is 2. The van der Waals surface area contributed by atoms with Gasteiger partial charge in [-0.05, 0) is 6.07 Å². The molecule has 0 amide bonds. The van der Waals surface area contributed by atoms with Crippen molar-refractivity contribution in [1.82, 2.24) is 4.90 Å². The van der Waals surface area contributed by atoms with E-state index in [1.807, 2.05) is 4.90 Å². The lowest BCUT2D eigenvalue weighted by Crippen LogP contribution is -2.22. The minimum atomic E-state index is -0.733. The summed E-state index contributed by atoms with van der Waals surface area (Å²) in [6, 6.07) is 1.68. The second-order valence-electron chi connectivity index (χ2n) is 4.10. The third-order valence-corrected chi connectivity index (χ3v) is 2.85. The van der Waals surface area contributed by atoms with Crippen LogP contribution < -0.4 is 0 Å². The molecule has 0 bridgehead atoms. The van der Waals surface area contributed by atoms with Crippen molar-refractivity contribution in [3.8, 4) is 0 Å². The van der Waals surface area contributed by atoms with E-state index in [2.05, 4.69) is 4.74 Å². The highest BCUT2D eigenvalue weighted by atomic mass is 16.5. The Bertz CT molecular complexity index is 392. The highest BCUT2D eigenvalue weighted by Crippen LogP contribution is 2.18. The number of likely N-dealkylation sites (tertiary alicyclic amines) is 1. The zero-order valence-electron chi connectivity index (χ0n) is 9.50. The van der Waals surface area contributed by atoms with Gasteiger partial charge in [-0.3, -0.25) is 4.90 Å². The van der Waals surface area contributed by atoms with Crippen LogP contribution in [0.1, 0.15) is 16.1 Å². The summed E-state index contributed by atoms with van der Waals surface area (Å²) < 4.78 is 9.65. The summed E-state index contributed by atoms with van der Waals surface area (Å²) >= 11 is 0.